The summed E-state index contributed by atoms with van der Waals surface area (Å²) in [6.45, 7) is 6.04. The van der Waals surface area contributed by atoms with Gasteiger partial charge >= 0.3 is 0 Å². The van der Waals surface area contributed by atoms with Gasteiger partial charge < -0.3 is 5.32 Å². The van der Waals surface area contributed by atoms with Gasteiger partial charge in [0.25, 0.3) is 10.2 Å². The number of hydrogen-bond acceptors (Lipinski definition) is 4. The lowest BCUT2D eigenvalue weighted by Gasteiger charge is -2.35. The zero-order chi connectivity index (χ0) is 14.3. The van der Waals surface area contributed by atoms with E-state index in [2.05, 4.69) is 23.9 Å². The monoisotopic (exact) mass is 309 g/mol. The molecule has 1 atom stereocenters. The van der Waals surface area contributed by atoms with E-state index in [1.54, 1.807) is 16.1 Å². The molecule has 1 heterocycles. The second-order valence-corrected chi connectivity index (χ2v) is 7.91. The third kappa shape index (κ3) is 5.99. The SMILES string of the molecule is CSCCNS(=O)(=O)N1CCCCC1CNC(C)C. The lowest BCUT2D eigenvalue weighted by Crippen LogP contribution is -2.53. The van der Waals surface area contributed by atoms with Crippen molar-refractivity contribution in [2.75, 3.05) is 31.6 Å². The summed E-state index contributed by atoms with van der Waals surface area (Å²) < 4.78 is 28.9. The number of rotatable bonds is 8. The Kier molecular flexibility index (Phi) is 7.68. The van der Waals surface area contributed by atoms with Gasteiger partial charge in [-0.05, 0) is 19.1 Å². The lowest BCUT2D eigenvalue weighted by molar-refractivity contribution is 0.239. The number of thioether (sulfide) groups is 1. The first-order valence-corrected chi connectivity index (χ1v) is 9.79. The van der Waals surface area contributed by atoms with Crippen molar-refractivity contribution >= 4 is 22.0 Å². The molecule has 0 aromatic rings. The normalized spacial score (nSPS) is 22.0. The molecule has 1 aliphatic heterocycles. The van der Waals surface area contributed by atoms with E-state index in [1.165, 1.54) is 0 Å². The fourth-order valence-corrected chi connectivity index (χ4v) is 4.12. The molecular formula is C12H27N3O2S2. The fourth-order valence-electron chi connectivity index (χ4n) is 2.22. The minimum atomic E-state index is -3.32. The van der Waals surface area contributed by atoms with Crippen molar-refractivity contribution in [1.29, 1.82) is 0 Å². The highest BCUT2D eigenvalue weighted by Crippen LogP contribution is 2.19. The van der Waals surface area contributed by atoms with Gasteiger partial charge in [0.1, 0.15) is 0 Å². The van der Waals surface area contributed by atoms with E-state index in [4.69, 9.17) is 0 Å². The molecule has 5 nitrogen and oxygen atoms in total. The molecule has 19 heavy (non-hydrogen) atoms. The summed E-state index contributed by atoms with van der Waals surface area (Å²) in [5.41, 5.74) is 0. The molecular weight excluding hydrogens is 282 g/mol. The average molecular weight is 310 g/mol. The molecule has 1 unspecified atom stereocenters. The van der Waals surface area contributed by atoms with Crippen LogP contribution in [0.3, 0.4) is 0 Å². The van der Waals surface area contributed by atoms with Gasteiger partial charge in [-0.25, -0.2) is 4.72 Å². The molecule has 0 spiro atoms. The second kappa shape index (κ2) is 8.46. The molecule has 1 saturated heterocycles. The molecule has 0 amide bonds. The van der Waals surface area contributed by atoms with Gasteiger partial charge in [-0.1, -0.05) is 20.3 Å². The molecule has 0 saturated carbocycles. The van der Waals surface area contributed by atoms with Gasteiger partial charge in [-0.15, -0.1) is 0 Å². The van der Waals surface area contributed by atoms with Crippen molar-refractivity contribution in [3.63, 3.8) is 0 Å². The first-order chi connectivity index (χ1) is 8.97. The van der Waals surface area contributed by atoms with Crippen LogP contribution in [0.2, 0.25) is 0 Å². The second-order valence-electron chi connectivity index (χ2n) is 5.22. The Hall–Kier alpha value is 0.180. The van der Waals surface area contributed by atoms with Crippen molar-refractivity contribution < 1.29 is 8.42 Å². The van der Waals surface area contributed by atoms with Crippen molar-refractivity contribution in [3.05, 3.63) is 0 Å². The number of piperidine rings is 1. The molecule has 2 N–H and O–H groups in total. The number of nitrogens with zero attached hydrogens (tertiary/aromatic N) is 1. The maximum absolute atomic E-state index is 12.3. The Labute approximate surface area is 122 Å². The molecule has 0 bridgehead atoms. The van der Waals surface area contributed by atoms with Gasteiger partial charge in [-0.3, -0.25) is 0 Å². The summed E-state index contributed by atoms with van der Waals surface area (Å²) in [7, 11) is -3.32. The average Bonchev–Trinajstić information content (AvgIpc) is 2.37. The van der Waals surface area contributed by atoms with Gasteiger partial charge in [0.05, 0.1) is 0 Å². The summed E-state index contributed by atoms with van der Waals surface area (Å²) in [5.74, 6) is 0.808. The van der Waals surface area contributed by atoms with Crippen LogP contribution >= 0.6 is 11.8 Å². The van der Waals surface area contributed by atoms with E-state index < -0.39 is 10.2 Å². The van der Waals surface area contributed by atoms with E-state index in [0.29, 0.717) is 19.1 Å². The third-order valence-electron chi connectivity index (χ3n) is 3.23. The summed E-state index contributed by atoms with van der Waals surface area (Å²) in [4.78, 5) is 0. The summed E-state index contributed by atoms with van der Waals surface area (Å²) in [6.07, 6.45) is 5.00. The highest BCUT2D eigenvalue weighted by atomic mass is 32.2. The largest absolute Gasteiger partial charge is 0.313 e. The van der Waals surface area contributed by atoms with E-state index in [9.17, 15) is 8.42 Å². The molecule has 1 aliphatic rings. The zero-order valence-corrected chi connectivity index (χ0v) is 13.8. The van der Waals surface area contributed by atoms with Crippen molar-refractivity contribution in [2.45, 2.75) is 45.2 Å². The molecule has 0 radical (unpaired) electrons. The lowest BCUT2D eigenvalue weighted by atomic mass is 10.0. The molecule has 0 aliphatic carbocycles. The molecule has 0 aromatic carbocycles. The van der Waals surface area contributed by atoms with Gasteiger partial charge in [0.15, 0.2) is 0 Å². The number of nitrogens with one attached hydrogen (secondary N) is 2. The predicted octanol–water partition coefficient (Wildman–Crippen LogP) is 1.04. The van der Waals surface area contributed by atoms with E-state index in [0.717, 1.165) is 31.6 Å². The topological polar surface area (TPSA) is 61.4 Å². The molecule has 1 rings (SSSR count). The maximum atomic E-state index is 12.3. The minimum absolute atomic E-state index is 0.0860. The van der Waals surface area contributed by atoms with Crippen LogP contribution in [0.5, 0.6) is 0 Å². The number of hydrogen-bond donors (Lipinski definition) is 2. The highest BCUT2D eigenvalue weighted by Gasteiger charge is 2.31. The summed E-state index contributed by atoms with van der Waals surface area (Å²) in [6, 6.07) is 0.471. The molecule has 7 heteroatoms. The van der Waals surface area contributed by atoms with Crippen molar-refractivity contribution in [2.24, 2.45) is 0 Å². The minimum Gasteiger partial charge on any atom is -0.313 e. The van der Waals surface area contributed by atoms with E-state index in [-0.39, 0.29) is 6.04 Å². The van der Waals surface area contributed by atoms with E-state index >= 15 is 0 Å². The van der Waals surface area contributed by atoms with Crippen LogP contribution in [0, 0.1) is 0 Å². The van der Waals surface area contributed by atoms with Crippen LogP contribution in [0.4, 0.5) is 0 Å². The van der Waals surface area contributed by atoms with Crippen molar-refractivity contribution in [1.82, 2.24) is 14.3 Å². The van der Waals surface area contributed by atoms with Gasteiger partial charge in [0, 0.05) is 37.5 Å². The van der Waals surface area contributed by atoms with Crippen LogP contribution in [0.1, 0.15) is 33.1 Å². The molecule has 0 aromatic heterocycles. The zero-order valence-electron chi connectivity index (χ0n) is 12.2. The first kappa shape index (κ1) is 17.2. The van der Waals surface area contributed by atoms with Crippen LogP contribution < -0.4 is 10.0 Å². The standard InChI is InChI=1S/C12H27N3O2S2/c1-11(2)13-10-12-6-4-5-8-15(12)19(16,17)14-7-9-18-3/h11-14H,4-10H2,1-3H3. The Morgan fingerprint density at radius 1 is 1.37 bits per heavy atom. The quantitative estimate of drug-likeness (QED) is 0.658. The van der Waals surface area contributed by atoms with Crippen LogP contribution in [0.15, 0.2) is 0 Å². The fraction of sp³-hybridized carbons (Fsp3) is 1.00. The van der Waals surface area contributed by atoms with Gasteiger partial charge in [0.2, 0.25) is 0 Å². The smallest absolute Gasteiger partial charge is 0.279 e. The van der Waals surface area contributed by atoms with Crippen molar-refractivity contribution in [3.8, 4) is 0 Å². The Morgan fingerprint density at radius 3 is 2.74 bits per heavy atom. The Bertz CT molecular complexity index is 347. The summed E-state index contributed by atoms with van der Waals surface area (Å²) in [5, 5.41) is 3.35. The summed E-state index contributed by atoms with van der Waals surface area (Å²) >= 11 is 1.65. The Morgan fingerprint density at radius 2 is 2.11 bits per heavy atom. The first-order valence-electron chi connectivity index (χ1n) is 6.96. The molecule has 1 fully saturated rings. The third-order valence-corrected chi connectivity index (χ3v) is 5.51. The maximum Gasteiger partial charge on any atom is 0.279 e. The van der Waals surface area contributed by atoms with Crippen LogP contribution in [-0.4, -0.2) is 56.4 Å². The van der Waals surface area contributed by atoms with Gasteiger partial charge in [-0.2, -0.15) is 24.5 Å². The molecule has 114 valence electrons. The Balaban J connectivity index is 2.59. The van der Waals surface area contributed by atoms with Crippen LogP contribution in [0.25, 0.3) is 0 Å². The van der Waals surface area contributed by atoms with Crippen LogP contribution in [-0.2, 0) is 10.2 Å². The predicted molar refractivity (Wildman–Crippen MR) is 82.8 cm³/mol. The van der Waals surface area contributed by atoms with E-state index in [1.807, 2.05) is 6.26 Å². The highest BCUT2D eigenvalue weighted by molar-refractivity contribution is 7.98.